The van der Waals surface area contributed by atoms with E-state index in [1.165, 1.54) is 24.8 Å². The molecule has 0 aliphatic carbocycles. The summed E-state index contributed by atoms with van der Waals surface area (Å²) in [6.07, 6.45) is 4.49. The SMILES string of the molecule is CCCCCn1c(CCN)nc2cc(OCC)ccc21. The van der Waals surface area contributed by atoms with E-state index in [-0.39, 0.29) is 0 Å². The Balaban J connectivity index is 2.32. The molecule has 20 heavy (non-hydrogen) atoms. The Morgan fingerprint density at radius 2 is 2.10 bits per heavy atom. The summed E-state index contributed by atoms with van der Waals surface area (Å²) in [7, 11) is 0. The normalized spacial score (nSPS) is 11.2. The van der Waals surface area contributed by atoms with E-state index in [1.807, 2.05) is 19.1 Å². The highest BCUT2D eigenvalue weighted by Crippen LogP contribution is 2.23. The van der Waals surface area contributed by atoms with Gasteiger partial charge < -0.3 is 15.0 Å². The van der Waals surface area contributed by atoms with Crippen LogP contribution >= 0.6 is 0 Å². The topological polar surface area (TPSA) is 53.1 Å². The molecule has 0 unspecified atom stereocenters. The summed E-state index contributed by atoms with van der Waals surface area (Å²) < 4.78 is 7.86. The fourth-order valence-electron chi connectivity index (χ4n) is 2.51. The van der Waals surface area contributed by atoms with Crippen LogP contribution < -0.4 is 10.5 Å². The minimum absolute atomic E-state index is 0.634. The predicted octanol–water partition coefficient (Wildman–Crippen LogP) is 3.13. The summed E-state index contributed by atoms with van der Waals surface area (Å²) in [4.78, 5) is 4.73. The number of unbranched alkanes of at least 4 members (excludes halogenated alkanes) is 2. The zero-order chi connectivity index (χ0) is 14.4. The summed E-state index contributed by atoms with van der Waals surface area (Å²) in [5.41, 5.74) is 7.90. The van der Waals surface area contributed by atoms with Gasteiger partial charge in [0.05, 0.1) is 17.6 Å². The van der Waals surface area contributed by atoms with Gasteiger partial charge in [-0.25, -0.2) is 4.98 Å². The van der Waals surface area contributed by atoms with Crippen molar-refractivity contribution in [2.24, 2.45) is 5.73 Å². The van der Waals surface area contributed by atoms with E-state index in [4.69, 9.17) is 15.5 Å². The molecule has 0 atom stereocenters. The first-order chi connectivity index (χ1) is 9.80. The first kappa shape index (κ1) is 14.9. The molecule has 0 saturated heterocycles. The summed E-state index contributed by atoms with van der Waals surface area (Å²) >= 11 is 0. The van der Waals surface area contributed by atoms with Crippen LogP contribution in [-0.4, -0.2) is 22.7 Å². The van der Waals surface area contributed by atoms with Crippen molar-refractivity contribution in [2.75, 3.05) is 13.2 Å². The van der Waals surface area contributed by atoms with Crippen molar-refractivity contribution in [1.82, 2.24) is 9.55 Å². The van der Waals surface area contributed by atoms with Crippen molar-refractivity contribution in [2.45, 2.75) is 46.1 Å². The van der Waals surface area contributed by atoms with Gasteiger partial charge in [0.2, 0.25) is 0 Å². The number of aromatic nitrogens is 2. The second kappa shape index (κ2) is 7.29. The largest absolute Gasteiger partial charge is 0.494 e. The molecular formula is C16H25N3O. The lowest BCUT2D eigenvalue weighted by atomic mass is 10.2. The highest BCUT2D eigenvalue weighted by Gasteiger charge is 2.10. The van der Waals surface area contributed by atoms with E-state index in [2.05, 4.69) is 17.6 Å². The monoisotopic (exact) mass is 275 g/mol. The van der Waals surface area contributed by atoms with E-state index < -0.39 is 0 Å². The molecule has 0 amide bonds. The van der Waals surface area contributed by atoms with Gasteiger partial charge in [-0.15, -0.1) is 0 Å². The molecule has 0 radical (unpaired) electrons. The lowest BCUT2D eigenvalue weighted by molar-refractivity contribution is 0.340. The molecule has 2 N–H and O–H groups in total. The molecule has 2 rings (SSSR count). The number of hydrogen-bond donors (Lipinski definition) is 1. The Hall–Kier alpha value is -1.55. The Labute approximate surface area is 120 Å². The lowest BCUT2D eigenvalue weighted by Gasteiger charge is -2.08. The number of nitrogens with zero attached hydrogens (tertiary/aromatic N) is 2. The predicted molar refractivity (Wildman–Crippen MR) is 83.2 cm³/mol. The van der Waals surface area contributed by atoms with E-state index >= 15 is 0 Å². The van der Waals surface area contributed by atoms with E-state index in [0.29, 0.717) is 13.2 Å². The van der Waals surface area contributed by atoms with Crippen LogP contribution in [0.5, 0.6) is 5.75 Å². The fraction of sp³-hybridized carbons (Fsp3) is 0.562. The highest BCUT2D eigenvalue weighted by molar-refractivity contribution is 5.77. The van der Waals surface area contributed by atoms with E-state index in [0.717, 1.165) is 30.1 Å². The summed E-state index contributed by atoms with van der Waals surface area (Å²) in [5, 5.41) is 0. The molecule has 110 valence electrons. The van der Waals surface area contributed by atoms with Gasteiger partial charge in [0.25, 0.3) is 0 Å². The van der Waals surface area contributed by atoms with Gasteiger partial charge in [0, 0.05) is 19.0 Å². The Morgan fingerprint density at radius 3 is 2.80 bits per heavy atom. The van der Waals surface area contributed by atoms with E-state index in [1.54, 1.807) is 0 Å². The third-order valence-electron chi connectivity index (χ3n) is 3.46. The van der Waals surface area contributed by atoms with Gasteiger partial charge in [-0.05, 0) is 32.0 Å². The molecule has 0 aliphatic rings. The highest BCUT2D eigenvalue weighted by atomic mass is 16.5. The zero-order valence-corrected chi connectivity index (χ0v) is 12.6. The fourth-order valence-corrected chi connectivity index (χ4v) is 2.51. The van der Waals surface area contributed by atoms with Crippen molar-refractivity contribution in [1.29, 1.82) is 0 Å². The molecule has 0 spiro atoms. The minimum atomic E-state index is 0.634. The van der Waals surface area contributed by atoms with E-state index in [9.17, 15) is 0 Å². The molecule has 1 aromatic carbocycles. The number of nitrogens with two attached hydrogens (primary N) is 1. The molecule has 0 aliphatic heterocycles. The van der Waals surface area contributed by atoms with Crippen LogP contribution in [-0.2, 0) is 13.0 Å². The van der Waals surface area contributed by atoms with Crippen molar-refractivity contribution in [3.8, 4) is 5.75 Å². The van der Waals surface area contributed by atoms with Gasteiger partial charge in [0.15, 0.2) is 0 Å². The van der Waals surface area contributed by atoms with Crippen LogP contribution in [0.1, 0.15) is 38.9 Å². The third kappa shape index (κ3) is 3.31. The number of aryl methyl sites for hydroxylation is 1. The standard InChI is InChI=1S/C16H25N3O/c1-3-5-6-11-19-15-8-7-13(20-4-2)12-14(15)18-16(19)9-10-17/h7-8,12H,3-6,9-11,17H2,1-2H3. The summed E-state index contributed by atoms with van der Waals surface area (Å²) in [5.74, 6) is 1.98. The molecule has 4 heteroatoms. The summed E-state index contributed by atoms with van der Waals surface area (Å²) in [6.45, 7) is 6.55. The van der Waals surface area contributed by atoms with Crippen molar-refractivity contribution < 1.29 is 4.74 Å². The first-order valence-corrected chi connectivity index (χ1v) is 7.62. The maximum Gasteiger partial charge on any atom is 0.121 e. The average Bonchev–Trinajstić information content (AvgIpc) is 2.77. The Bertz CT molecular complexity index is 548. The maximum absolute atomic E-state index is 5.71. The van der Waals surface area contributed by atoms with Crippen LogP contribution in [0.25, 0.3) is 11.0 Å². The van der Waals surface area contributed by atoms with Crippen molar-refractivity contribution in [3.05, 3.63) is 24.0 Å². The van der Waals surface area contributed by atoms with Crippen LogP contribution in [0.4, 0.5) is 0 Å². The minimum Gasteiger partial charge on any atom is -0.494 e. The maximum atomic E-state index is 5.71. The third-order valence-corrected chi connectivity index (χ3v) is 3.46. The number of imidazole rings is 1. The average molecular weight is 275 g/mol. The molecule has 1 heterocycles. The number of hydrogen-bond acceptors (Lipinski definition) is 3. The van der Waals surface area contributed by atoms with Gasteiger partial charge in [0.1, 0.15) is 11.6 Å². The number of benzene rings is 1. The summed E-state index contributed by atoms with van der Waals surface area (Å²) in [6, 6.07) is 6.16. The molecule has 4 nitrogen and oxygen atoms in total. The Kier molecular flexibility index (Phi) is 5.41. The molecule has 2 aromatic rings. The second-order valence-corrected chi connectivity index (χ2v) is 5.01. The van der Waals surface area contributed by atoms with Crippen molar-refractivity contribution in [3.63, 3.8) is 0 Å². The van der Waals surface area contributed by atoms with Crippen LogP contribution in [0.3, 0.4) is 0 Å². The van der Waals surface area contributed by atoms with Gasteiger partial charge in [-0.1, -0.05) is 19.8 Å². The van der Waals surface area contributed by atoms with Gasteiger partial charge in [-0.2, -0.15) is 0 Å². The van der Waals surface area contributed by atoms with Crippen LogP contribution in [0, 0.1) is 0 Å². The number of rotatable bonds is 8. The molecular weight excluding hydrogens is 250 g/mol. The van der Waals surface area contributed by atoms with Gasteiger partial charge in [-0.3, -0.25) is 0 Å². The smallest absolute Gasteiger partial charge is 0.121 e. The molecule has 0 fully saturated rings. The van der Waals surface area contributed by atoms with Crippen molar-refractivity contribution >= 4 is 11.0 Å². The number of ether oxygens (including phenoxy) is 1. The molecule has 0 bridgehead atoms. The molecule has 1 aromatic heterocycles. The lowest BCUT2D eigenvalue weighted by Crippen LogP contribution is -2.10. The number of fused-ring (bicyclic) bond motifs is 1. The zero-order valence-electron chi connectivity index (χ0n) is 12.6. The second-order valence-electron chi connectivity index (χ2n) is 5.01. The quantitative estimate of drug-likeness (QED) is 0.753. The van der Waals surface area contributed by atoms with Crippen LogP contribution in [0.2, 0.25) is 0 Å². The molecule has 0 saturated carbocycles. The Morgan fingerprint density at radius 1 is 1.25 bits per heavy atom. The van der Waals surface area contributed by atoms with Crippen LogP contribution in [0.15, 0.2) is 18.2 Å². The first-order valence-electron chi connectivity index (χ1n) is 7.62. The van der Waals surface area contributed by atoms with Gasteiger partial charge >= 0.3 is 0 Å².